The number of carboxylic acid groups (broad SMARTS) is 2. The number of aliphatic imine (C=N–C) groups is 2. The van der Waals surface area contributed by atoms with Gasteiger partial charge in [0.1, 0.15) is 66.7 Å². The number of carbonyl (C=O) groups excluding carboxylic acids is 14. The minimum atomic E-state index is -1.87. The number of phenolic OH excluding ortho intramolecular Hbond substituents is 1. The number of hydrogen-bond donors (Lipinski definition) is 24. The number of rotatable bonds is 51. The standard InChI is InChI=1S/C68H110N22O18.C2H4O2/c1-36(2)28-47(87-57(99)38(5)70)64(106)85-44(16-10-11-25-69)61(103)84-45(18-13-27-77-68(74)75)62(104)86-46(23-24-51(71)93)58(100)80-33-53(95)82-43(17-12-26-76-67(72)73)63(105)90-56(39(6)91)66(108)89-48(29-37(3)4)65(107)88-50(31-41-19-21-42(92)22-20-41)60(102)81-34-54(96)83-49(30-40-14-8-7-9-15-40)59(101)79-32-52(94)78-35-55(97)98;1-2(3)4/h7-9,14-15,19-22,36-39,43-50,56,91-92H,10-13,16-18,23-35,69-70H2,1-6H3,(H2,71,93)(H,78,94)(H,79,101)(H,80,100)(H,81,102)(H,82,95)(H,83,96)(H,84,103)(H,85,106)(H,86,104)(H,87,99)(H,88,107)(H,89,108)(H,90,105)(H,97,98)(H4,72,73,76)(H4,74,75,77);1H3,(H,3,4). The molecule has 31 N–H and O–H groups in total. The van der Waals surface area contributed by atoms with Crippen LogP contribution in [0, 0.1) is 11.8 Å². The van der Waals surface area contributed by atoms with Crippen molar-refractivity contribution in [1.82, 2.24) is 69.1 Å². The van der Waals surface area contributed by atoms with E-state index in [0.29, 0.717) is 24.0 Å². The molecule has 11 unspecified atom stereocenters. The van der Waals surface area contributed by atoms with Gasteiger partial charge in [-0.05, 0) is 120 Å². The summed E-state index contributed by atoms with van der Waals surface area (Å²) in [5.74, 6) is -16.2. The number of nitrogens with zero attached hydrogens (tertiary/aromatic N) is 2. The quantitative estimate of drug-likeness (QED) is 0.0166. The van der Waals surface area contributed by atoms with E-state index in [1.807, 2.05) is 13.8 Å². The van der Waals surface area contributed by atoms with Crippen molar-refractivity contribution in [2.45, 2.75) is 198 Å². The lowest BCUT2D eigenvalue weighted by Gasteiger charge is -2.28. The molecule has 0 saturated heterocycles. The summed E-state index contributed by atoms with van der Waals surface area (Å²) in [6.45, 7) is 7.73. The summed E-state index contributed by atoms with van der Waals surface area (Å²) in [6.07, 6.45) is -2.54. The SMILES string of the molecule is CC(=O)O.CC(C)CC(NC(=O)C(C)N)C(=O)NC(CCCCN)C(=O)NC(CCCN=C(N)N)C(=O)NC(CCC(N)=O)C(=O)NCC(=O)NC(CCCN=C(N)N)C(=O)NC(C(=O)NC(CC(C)C)C(=O)NC(Cc1ccc(O)cc1)C(=O)NCC(=O)NC(Cc1ccccc1)C(=O)NCC(=O)NCC(=O)O)C(C)O. The molecule has 0 radical (unpaired) electrons. The van der Waals surface area contributed by atoms with Crippen molar-refractivity contribution in [2.24, 2.45) is 62.0 Å². The third-order valence-electron chi connectivity index (χ3n) is 15.9. The second kappa shape index (κ2) is 53.1. The van der Waals surface area contributed by atoms with Crippen LogP contribution in [-0.2, 0) is 89.6 Å². The van der Waals surface area contributed by atoms with Gasteiger partial charge < -0.3 is 130 Å². The fourth-order valence-electron chi connectivity index (χ4n) is 10.3. The van der Waals surface area contributed by atoms with Crippen LogP contribution >= 0.6 is 0 Å². The Labute approximate surface area is 648 Å². The topological polar surface area (TPSA) is 717 Å². The summed E-state index contributed by atoms with van der Waals surface area (Å²) >= 11 is 0. The number of unbranched alkanes of at least 4 members (excludes halogenated alkanes) is 1. The Morgan fingerprint density at radius 3 is 1.20 bits per heavy atom. The number of carboxylic acids is 2. The van der Waals surface area contributed by atoms with Crippen molar-refractivity contribution in [3.63, 3.8) is 0 Å². The second-order valence-electron chi connectivity index (χ2n) is 27.0. The summed E-state index contributed by atoms with van der Waals surface area (Å²) < 4.78 is 0. The minimum Gasteiger partial charge on any atom is -0.508 e. The van der Waals surface area contributed by atoms with Gasteiger partial charge in [-0.15, -0.1) is 0 Å². The lowest BCUT2D eigenvalue weighted by Crippen LogP contribution is -2.61. The molecule has 14 amide bonds. The highest BCUT2D eigenvalue weighted by Gasteiger charge is 2.37. The third kappa shape index (κ3) is 43.4. The zero-order valence-electron chi connectivity index (χ0n) is 64.1. The predicted molar refractivity (Wildman–Crippen MR) is 408 cm³/mol. The lowest BCUT2D eigenvalue weighted by molar-refractivity contribution is -0.138. The summed E-state index contributed by atoms with van der Waals surface area (Å²) in [6, 6.07) is -0.366. The number of nitrogens with two attached hydrogens (primary N) is 7. The largest absolute Gasteiger partial charge is 0.508 e. The highest BCUT2D eigenvalue weighted by atomic mass is 16.4. The molecule has 0 aromatic heterocycles. The maximum atomic E-state index is 14.4. The van der Waals surface area contributed by atoms with Gasteiger partial charge in [0.05, 0.1) is 31.8 Å². The van der Waals surface area contributed by atoms with E-state index >= 15 is 0 Å². The zero-order valence-corrected chi connectivity index (χ0v) is 64.1. The first kappa shape index (κ1) is 98.2. The van der Waals surface area contributed by atoms with Crippen LogP contribution in [0.3, 0.4) is 0 Å². The number of aromatic hydroxyl groups is 1. The Morgan fingerprint density at radius 1 is 0.411 bits per heavy atom. The minimum absolute atomic E-state index is 0.00289. The Morgan fingerprint density at radius 2 is 0.777 bits per heavy atom. The smallest absolute Gasteiger partial charge is 0.322 e. The van der Waals surface area contributed by atoms with E-state index in [4.69, 9.17) is 55.1 Å². The number of amides is 14. The van der Waals surface area contributed by atoms with Gasteiger partial charge in [0.2, 0.25) is 82.7 Å². The number of guanidine groups is 2. The molecule has 11 atom stereocenters. The van der Waals surface area contributed by atoms with Gasteiger partial charge in [-0.3, -0.25) is 86.7 Å². The number of nitrogens with one attached hydrogen (secondary N) is 13. The molecule has 0 fully saturated rings. The van der Waals surface area contributed by atoms with E-state index in [2.05, 4.69) is 79.1 Å². The number of phenols is 1. The molecule has 0 bridgehead atoms. The number of hydrogen-bond acceptors (Lipinski definition) is 22. The summed E-state index contributed by atoms with van der Waals surface area (Å²) in [7, 11) is 0. The average Bonchev–Trinajstić information content (AvgIpc) is 0.844. The van der Waals surface area contributed by atoms with Gasteiger partial charge in [-0.1, -0.05) is 70.2 Å². The average molecular weight is 1580 g/mol. The van der Waals surface area contributed by atoms with Crippen LogP contribution in [0.25, 0.3) is 0 Å². The van der Waals surface area contributed by atoms with Crippen molar-refractivity contribution in [3.8, 4) is 5.75 Å². The van der Waals surface area contributed by atoms with Crippen LogP contribution in [0.1, 0.15) is 130 Å². The maximum absolute atomic E-state index is 14.4. The van der Waals surface area contributed by atoms with Gasteiger partial charge in [0.25, 0.3) is 5.97 Å². The van der Waals surface area contributed by atoms with Crippen molar-refractivity contribution in [3.05, 3.63) is 65.7 Å². The van der Waals surface area contributed by atoms with Gasteiger partial charge >= 0.3 is 5.97 Å². The Bertz CT molecular complexity index is 3500. The Balaban J connectivity index is 0.0000153. The first-order valence-electron chi connectivity index (χ1n) is 36.2. The van der Waals surface area contributed by atoms with E-state index in [1.54, 1.807) is 44.2 Å². The van der Waals surface area contributed by atoms with Crippen LogP contribution in [0.2, 0.25) is 0 Å². The van der Waals surface area contributed by atoms with Crippen LogP contribution in [0.4, 0.5) is 0 Å². The number of primary amides is 1. The molecule has 624 valence electrons. The molecule has 42 nitrogen and oxygen atoms in total. The lowest BCUT2D eigenvalue weighted by atomic mass is 10.00. The van der Waals surface area contributed by atoms with E-state index in [9.17, 15) is 82.1 Å². The molecule has 0 aliphatic rings. The van der Waals surface area contributed by atoms with Crippen molar-refractivity contribution >= 4 is 107 Å². The highest BCUT2D eigenvalue weighted by molar-refractivity contribution is 5.99. The fourth-order valence-corrected chi connectivity index (χ4v) is 10.3. The molecule has 2 aromatic rings. The molecule has 0 heterocycles. The van der Waals surface area contributed by atoms with Gasteiger partial charge in [0, 0.05) is 39.3 Å². The fraction of sp³-hybridized carbons (Fsp3) is 0.571. The molecule has 112 heavy (non-hydrogen) atoms. The number of aliphatic carboxylic acids is 2. The predicted octanol–water partition coefficient (Wildman–Crippen LogP) is -7.50. The monoisotopic (exact) mass is 1580 g/mol. The normalized spacial score (nSPS) is 13.7. The molecule has 2 rings (SSSR count). The molecular weight excluding hydrogens is 1470 g/mol. The molecule has 0 spiro atoms. The van der Waals surface area contributed by atoms with Crippen LogP contribution in [-0.4, -0.2) is 239 Å². The van der Waals surface area contributed by atoms with E-state index in [0.717, 1.165) is 13.8 Å². The van der Waals surface area contributed by atoms with Crippen LogP contribution in [0.15, 0.2) is 64.6 Å². The summed E-state index contributed by atoms with van der Waals surface area (Å²) in [5, 5.41) is 69.4. The Kier molecular flexibility index (Phi) is 46.6. The van der Waals surface area contributed by atoms with Crippen molar-refractivity contribution < 1.29 is 97.1 Å². The van der Waals surface area contributed by atoms with Gasteiger partial charge in [-0.25, -0.2) is 0 Å². The number of carbonyl (C=O) groups is 16. The van der Waals surface area contributed by atoms with E-state index in [-0.39, 0.29) is 107 Å². The van der Waals surface area contributed by atoms with Crippen LogP contribution < -0.4 is 109 Å². The van der Waals surface area contributed by atoms with Crippen molar-refractivity contribution in [2.75, 3.05) is 45.8 Å². The number of aliphatic hydroxyl groups excluding tert-OH is 1. The highest BCUT2D eigenvalue weighted by Crippen LogP contribution is 2.15. The molecule has 42 heteroatoms. The van der Waals surface area contributed by atoms with Gasteiger partial charge in [0.15, 0.2) is 11.9 Å². The summed E-state index contributed by atoms with van der Waals surface area (Å²) in [4.78, 5) is 219. The molecule has 2 aromatic carbocycles. The molecule has 0 saturated carbocycles. The number of benzene rings is 2. The van der Waals surface area contributed by atoms with E-state index in [1.165, 1.54) is 31.2 Å². The zero-order chi connectivity index (χ0) is 84.7. The van der Waals surface area contributed by atoms with Crippen molar-refractivity contribution in [1.29, 1.82) is 0 Å². The van der Waals surface area contributed by atoms with E-state index < -0.39 is 200 Å². The third-order valence-corrected chi connectivity index (χ3v) is 15.9. The molecular formula is C70H114N22O20. The summed E-state index contributed by atoms with van der Waals surface area (Å²) in [5.41, 5.74) is 40.0. The molecule has 0 aliphatic heterocycles. The van der Waals surface area contributed by atoms with Crippen LogP contribution in [0.5, 0.6) is 5.75 Å². The molecule has 0 aliphatic carbocycles. The number of aliphatic hydroxyl groups is 1. The first-order valence-corrected chi connectivity index (χ1v) is 36.2. The Hall–Kier alpha value is -11.8. The second-order valence-corrected chi connectivity index (χ2v) is 27.0. The maximum Gasteiger partial charge on any atom is 0.322 e. The first-order chi connectivity index (χ1) is 52.6. The van der Waals surface area contributed by atoms with Gasteiger partial charge in [-0.2, -0.15) is 0 Å².